The molecule has 106 valence electrons. The van der Waals surface area contributed by atoms with Crippen molar-refractivity contribution in [2.45, 2.75) is 24.8 Å². The van der Waals surface area contributed by atoms with E-state index in [0.29, 0.717) is 12.1 Å². The molecule has 0 aliphatic carbocycles. The molecule has 0 aliphatic heterocycles. The minimum absolute atomic E-state index is 0. The molecule has 0 saturated heterocycles. The van der Waals surface area contributed by atoms with Gasteiger partial charge in [0.15, 0.2) is 0 Å². The van der Waals surface area contributed by atoms with Gasteiger partial charge in [-0.05, 0) is 37.7 Å². The van der Waals surface area contributed by atoms with E-state index in [4.69, 9.17) is 5.26 Å². The standard InChI is InChI=1S/C12H17N3O2S.ClH/c1-3-14-10(2)9-15-18(16,17)12-6-4-11(8-13)5-7-12;/h4-7,10,14-15H,3,9H2,1-2H3;1H/t10-;/m1./s1. The van der Waals surface area contributed by atoms with E-state index >= 15 is 0 Å². The highest BCUT2D eigenvalue weighted by Gasteiger charge is 2.14. The van der Waals surface area contributed by atoms with Gasteiger partial charge in [-0.15, -0.1) is 12.4 Å². The molecule has 1 rings (SSSR count). The summed E-state index contributed by atoms with van der Waals surface area (Å²) in [6.45, 7) is 4.99. The Bertz CT molecular complexity index is 523. The third-order valence-corrected chi connectivity index (χ3v) is 3.87. The van der Waals surface area contributed by atoms with Gasteiger partial charge in [-0.2, -0.15) is 5.26 Å². The zero-order valence-electron chi connectivity index (χ0n) is 10.9. The number of hydrogen-bond donors (Lipinski definition) is 2. The Hall–Kier alpha value is -1.13. The number of halogens is 1. The third kappa shape index (κ3) is 5.57. The highest BCUT2D eigenvalue weighted by atomic mass is 35.5. The Labute approximate surface area is 120 Å². The molecular weight excluding hydrogens is 286 g/mol. The van der Waals surface area contributed by atoms with Gasteiger partial charge in [-0.25, -0.2) is 13.1 Å². The fourth-order valence-corrected chi connectivity index (χ4v) is 2.58. The first kappa shape index (κ1) is 17.9. The Morgan fingerprint density at radius 3 is 2.37 bits per heavy atom. The molecule has 0 amide bonds. The van der Waals surface area contributed by atoms with Crippen LogP contribution in [-0.2, 0) is 10.0 Å². The van der Waals surface area contributed by atoms with E-state index in [2.05, 4.69) is 10.0 Å². The highest BCUT2D eigenvalue weighted by molar-refractivity contribution is 7.89. The van der Waals surface area contributed by atoms with Crippen LogP contribution in [0.15, 0.2) is 29.2 Å². The average molecular weight is 304 g/mol. The Balaban J connectivity index is 0.00000324. The van der Waals surface area contributed by atoms with E-state index in [1.54, 1.807) is 0 Å². The second-order valence-corrected chi connectivity index (χ2v) is 5.71. The fraction of sp³-hybridized carbons (Fsp3) is 0.417. The van der Waals surface area contributed by atoms with Crippen LogP contribution in [0.25, 0.3) is 0 Å². The van der Waals surface area contributed by atoms with Gasteiger partial charge in [0.1, 0.15) is 0 Å². The van der Waals surface area contributed by atoms with Crippen molar-refractivity contribution in [3.8, 4) is 6.07 Å². The number of nitrogens with zero attached hydrogens (tertiary/aromatic N) is 1. The van der Waals surface area contributed by atoms with Gasteiger partial charge in [0.2, 0.25) is 10.0 Å². The molecule has 0 radical (unpaired) electrons. The van der Waals surface area contributed by atoms with E-state index < -0.39 is 10.0 Å². The number of benzene rings is 1. The zero-order chi connectivity index (χ0) is 13.6. The summed E-state index contributed by atoms with van der Waals surface area (Å²) in [6.07, 6.45) is 0. The molecule has 1 aromatic rings. The molecule has 0 fully saturated rings. The van der Waals surface area contributed by atoms with Crippen LogP contribution in [0.5, 0.6) is 0 Å². The van der Waals surface area contributed by atoms with Crippen molar-refractivity contribution in [3.05, 3.63) is 29.8 Å². The average Bonchev–Trinajstić information content (AvgIpc) is 2.37. The summed E-state index contributed by atoms with van der Waals surface area (Å²) in [5.41, 5.74) is 0.440. The molecule has 0 unspecified atom stereocenters. The quantitative estimate of drug-likeness (QED) is 0.829. The molecule has 19 heavy (non-hydrogen) atoms. The van der Waals surface area contributed by atoms with E-state index in [1.165, 1.54) is 24.3 Å². The summed E-state index contributed by atoms with van der Waals surface area (Å²) >= 11 is 0. The van der Waals surface area contributed by atoms with Gasteiger partial charge in [0, 0.05) is 12.6 Å². The second kappa shape index (κ2) is 8.12. The fourth-order valence-electron chi connectivity index (χ4n) is 1.45. The van der Waals surface area contributed by atoms with E-state index in [9.17, 15) is 8.42 Å². The lowest BCUT2D eigenvalue weighted by molar-refractivity contribution is 0.536. The van der Waals surface area contributed by atoms with Crippen LogP contribution in [0.4, 0.5) is 0 Å². The molecule has 0 aliphatic rings. The second-order valence-electron chi connectivity index (χ2n) is 3.95. The normalized spacial score (nSPS) is 12.3. The van der Waals surface area contributed by atoms with Crippen molar-refractivity contribution < 1.29 is 8.42 Å². The Kier molecular flexibility index (Phi) is 7.64. The smallest absolute Gasteiger partial charge is 0.240 e. The lowest BCUT2D eigenvalue weighted by Crippen LogP contribution is -2.38. The van der Waals surface area contributed by atoms with Gasteiger partial charge in [-0.3, -0.25) is 0 Å². The topological polar surface area (TPSA) is 82.0 Å². The largest absolute Gasteiger partial charge is 0.313 e. The van der Waals surface area contributed by atoms with Crippen molar-refractivity contribution in [1.29, 1.82) is 5.26 Å². The van der Waals surface area contributed by atoms with Crippen molar-refractivity contribution in [2.24, 2.45) is 0 Å². The first-order valence-corrected chi connectivity index (χ1v) is 7.21. The number of nitriles is 1. The lowest BCUT2D eigenvalue weighted by atomic mass is 10.2. The van der Waals surface area contributed by atoms with Crippen LogP contribution in [-0.4, -0.2) is 27.5 Å². The molecule has 2 N–H and O–H groups in total. The maximum atomic E-state index is 11.9. The minimum Gasteiger partial charge on any atom is -0.313 e. The number of likely N-dealkylation sites (N-methyl/N-ethyl adjacent to an activating group) is 1. The van der Waals surface area contributed by atoms with Crippen LogP contribution in [0.2, 0.25) is 0 Å². The molecule has 0 bridgehead atoms. The van der Waals surface area contributed by atoms with Crippen molar-refractivity contribution in [2.75, 3.05) is 13.1 Å². The van der Waals surface area contributed by atoms with Crippen LogP contribution in [0.1, 0.15) is 19.4 Å². The minimum atomic E-state index is -3.50. The number of sulfonamides is 1. The summed E-state index contributed by atoms with van der Waals surface area (Å²) < 4.78 is 26.4. The first-order chi connectivity index (χ1) is 8.49. The molecule has 0 spiro atoms. The zero-order valence-corrected chi connectivity index (χ0v) is 12.5. The molecule has 1 atom stereocenters. The van der Waals surface area contributed by atoms with Crippen molar-refractivity contribution >= 4 is 22.4 Å². The predicted octanol–water partition coefficient (Wildman–Crippen LogP) is 1.26. The van der Waals surface area contributed by atoms with E-state index in [1.807, 2.05) is 19.9 Å². The van der Waals surface area contributed by atoms with Crippen molar-refractivity contribution in [1.82, 2.24) is 10.0 Å². The summed E-state index contributed by atoms with van der Waals surface area (Å²) in [7, 11) is -3.50. The van der Waals surface area contributed by atoms with Gasteiger partial charge >= 0.3 is 0 Å². The molecule has 0 aromatic heterocycles. The maximum absolute atomic E-state index is 11.9. The SMILES string of the molecule is CCN[C@H](C)CNS(=O)(=O)c1ccc(C#N)cc1.Cl. The molecular formula is C12H18ClN3O2S. The number of nitrogens with one attached hydrogen (secondary N) is 2. The maximum Gasteiger partial charge on any atom is 0.240 e. The van der Waals surface area contributed by atoms with Gasteiger partial charge < -0.3 is 5.32 Å². The molecule has 7 heteroatoms. The predicted molar refractivity (Wildman–Crippen MR) is 76.7 cm³/mol. The molecule has 5 nitrogen and oxygen atoms in total. The molecule has 1 aromatic carbocycles. The van der Waals surface area contributed by atoms with Gasteiger partial charge in [0.25, 0.3) is 0 Å². The van der Waals surface area contributed by atoms with Crippen molar-refractivity contribution in [3.63, 3.8) is 0 Å². The van der Waals surface area contributed by atoms with Gasteiger partial charge in [0.05, 0.1) is 16.5 Å². The van der Waals surface area contributed by atoms with E-state index in [-0.39, 0.29) is 23.3 Å². The monoisotopic (exact) mass is 303 g/mol. The summed E-state index contributed by atoms with van der Waals surface area (Å²) in [5.74, 6) is 0. The van der Waals surface area contributed by atoms with Crippen LogP contribution in [0.3, 0.4) is 0 Å². The van der Waals surface area contributed by atoms with E-state index in [0.717, 1.165) is 6.54 Å². The number of rotatable bonds is 6. The summed E-state index contributed by atoms with van der Waals surface area (Å²) in [5, 5.41) is 11.8. The highest BCUT2D eigenvalue weighted by Crippen LogP contribution is 2.09. The third-order valence-electron chi connectivity index (χ3n) is 2.43. The first-order valence-electron chi connectivity index (χ1n) is 5.73. The van der Waals surface area contributed by atoms with Crippen LogP contribution >= 0.6 is 12.4 Å². The Morgan fingerprint density at radius 1 is 1.32 bits per heavy atom. The number of hydrogen-bond acceptors (Lipinski definition) is 4. The van der Waals surface area contributed by atoms with Crippen LogP contribution in [0, 0.1) is 11.3 Å². The molecule has 0 saturated carbocycles. The van der Waals surface area contributed by atoms with Gasteiger partial charge in [-0.1, -0.05) is 6.92 Å². The van der Waals surface area contributed by atoms with Crippen LogP contribution < -0.4 is 10.0 Å². The summed E-state index contributed by atoms with van der Waals surface area (Å²) in [4.78, 5) is 0.171. The Morgan fingerprint density at radius 2 is 1.89 bits per heavy atom. The summed E-state index contributed by atoms with van der Waals surface area (Å²) in [6, 6.07) is 7.86. The lowest BCUT2D eigenvalue weighted by Gasteiger charge is -2.13. The molecule has 0 heterocycles.